The van der Waals surface area contributed by atoms with Gasteiger partial charge in [-0.1, -0.05) is 18.2 Å². The second-order valence-electron chi connectivity index (χ2n) is 5.87. The zero-order valence-electron chi connectivity index (χ0n) is 12.4. The first-order chi connectivity index (χ1) is 10.1. The van der Waals surface area contributed by atoms with Gasteiger partial charge in [-0.25, -0.2) is 0 Å². The maximum Gasteiger partial charge on any atom is 0.228 e. The molecule has 1 atom stereocenters. The van der Waals surface area contributed by atoms with Crippen LogP contribution in [0.25, 0.3) is 0 Å². The molecule has 1 aromatic carbocycles. The number of hydrogen-bond acceptors (Lipinski definition) is 3. The summed E-state index contributed by atoms with van der Waals surface area (Å²) in [4.78, 5) is 30.6. The lowest BCUT2D eigenvalue weighted by Gasteiger charge is -2.33. The summed E-state index contributed by atoms with van der Waals surface area (Å²) < 4.78 is 0. The average Bonchev–Trinajstić information content (AvgIpc) is 2.90. The predicted octanol–water partition coefficient (Wildman–Crippen LogP) is 0.813. The van der Waals surface area contributed by atoms with Crippen molar-refractivity contribution in [3.05, 3.63) is 30.3 Å². The maximum absolute atomic E-state index is 12.6. The third-order valence-electron chi connectivity index (χ3n) is 4.36. The van der Waals surface area contributed by atoms with Gasteiger partial charge in [-0.05, 0) is 19.2 Å². The normalized spacial score (nSPS) is 23.7. The van der Waals surface area contributed by atoms with Gasteiger partial charge in [0.2, 0.25) is 11.8 Å². The molecule has 2 aliphatic rings. The van der Waals surface area contributed by atoms with Crippen LogP contribution in [0, 0.1) is 5.92 Å². The number of amides is 2. The fourth-order valence-corrected chi connectivity index (χ4v) is 3.02. The van der Waals surface area contributed by atoms with Gasteiger partial charge in [-0.3, -0.25) is 9.59 Å². The number of anilines is 1. The van der Waals surface area contributed by atoms with Crippen LogP contribution in [0.5, 0.6) is 0 Å². The first kappa shape index (κ1) is 14.1. The van der Waals surface area contributed by atoms with E-state index in [1.165, 1.54) is 0 Å². The lowest BCUT2D eigenvalue weighted by atomic mass is 10.1. The standard InChI is InChI=1S/C16H21N3O2/c1-17-7-9-18(10-8-17)16(21)13-11-15(20)19(12-13)14-5-3-2-4-6-14/h2-6,13H,7-12H2,1H3/t13-/m1/s1. The number of rotatable bonds is 2. The highest BCUT2D eigenvalue weighted by Gasteiger charge is 2.37. The van der Waals surface area contributed by atoms with Crippen LogP contribution in [0.2, 0.25) is 0 Å². The fraction of sp³-hybridized carbons (Fsp3) is 0.500. The van der Waals surface area contributed by atoms with Crippen molar-refractivity contribution in [1.82, 2.24) is 9.80 Å². The van der Waals surface area contributed by atoms with E-state index in [1.807, 2.05) is 35.2 Å². The lowest BCUT2D eigenvalue weighted by Crippen LogP contribution is -2.49. The quantitative estimate of drug-likeness (QED) is 0.808. The van der Waals surface area contributed by atoms with Crippen LogP contribution in [0.1, 0.15) is 6.42 Å². The predicted molar refractivity (Wildman–Crippen MR) is 81.0 cm³/mol. The number of nitrogens with zero attached hydrogens (tertiary/aromatic N) is 3. The molecule has 0 aliphatic carbocycles. The summed E-state index contributed by atoms with van der Waals surface area (Å²) >= 11 is 0. The number of carbonyl (C=O) groups is 2. The zero-order valence-corrected chi connectivity index (χ0v) is 12.4. The number of hydrogen-bond donors (Lipinski definition) is 0. The number of carbonyl (C=O) groups excluding carboxylic acids is 2. The Morgan fingerprint density at radius 1 is 1.10 bits per heavy atom. The van der Waals surface area contributed by atoms with Crippen LogP contribution < -0.4 is 4.90 Å². The van der Waals surface area contributed by atoms with Gasteiger partial charge in [0.15, 0.2) is 0 Å². The maximum atomic E-state index is 12.6. The molecule has 0 unspecified atom stereocenters. The van der Waals surface area contributed by atoms with E-state index in [-0.39, 0.29) is 17.7 Å². The highest BCUT2D eigenvalue weighted by Crippen LogP contribution is 2.26. The van der Waals surface area contributed by atoms with Crippen molar-refractivity contribution >= 4 is 17.5 Å². The Morgan fingerprint density at radius 3 is 2.43 bits per heavy atom. The molecule has 0 aromatic heterocycles. The molecule has 0 N–H and O–H groups in total. The second kappa shape index (κ2) is 5.85. The van der Waals surface area contributed by atoms with Crippen LogP contribution in [0.3, 0.4) is 0 Å². The molecule has 2 aliphatic heterocycles. The largest absolute Gasteiger partial charge is 0.340 e. The molecule has 2 heterocycles. The van der Waals surface area contributed by atoms with E-state index in [9.17, 15) is 9.59 Å². The Labute approximate surface area is 125 Å². The van der Waals surface area contributed by atoms with Gasteiger partial charge in [0.25, 0.3) is 0 Å². The Bertz CT molecular complexity index is 524. The Kier molecular flexibility index (Phi) is 3.92. The zero-order chi connectivity index (χ0) is 14.8. The van der Waals surface area contributed by atoms with Crippen molar-refractivity contribution in [2.24, 2.45) is 5.92 Å². The van der Waals surface area contributed by atoms with Gasteiger partial charge in [0.1, 0.15) is 0 Å². The third-order valence-corrected chi connectivity index (χ3v) is 4.36. The highest BCUT2D eigenvalue weighted by atomic mass is 16.2. The molecule has 21 heavy (non-hydrogen) atoms. The van der Waals surface area contributed by atoms with E-state index in [0.29, 0.717) is 13.0 Å². The minimum atomic E-state index is -0.193. The molecule has 0 spiro atoms. The summed E-state index contributed by atoms with van der Waals surface area (Å²) in [6.45, 7) is 3.87. The number of piperazine rings is 1. The molecule has 2 amide bonds. The molecule has 5 heteroatoms. The summed E-state index contributed by atoms with van der Waals surface area (Å²) in [5.74, 6) is -0.00956. The van der Waals surface area contributed by atoms with E-state index < -0.39 is 0 Å². The van der Waals surface area contributed by atoms with Crippen LogP contribution in [-0.4, -0.2) is 61.4 Å². The van der Waals surface area contributed by atoms with Gasteiger partial charge in [-0.15, -0.1) is 0 Å². The minimum Gasteiger partial charge on any atom is -0.340 e. The summed E-state index contributed by atoms with van der Waals surface area (Å²) in [7, 11) is 2.07. The van der Waals surface area contributed by atoms with E-state index in [2.05, 4.69) is 11.9 Å². The molecule has 1 aromatic rings. The molecule has 2 saturated heterocycles. The topological polar surface area (TPSA) is 43.9 Å². The summed E-state index contributed by atoms with van der Waals surface area (Å²) in [5, 5.41) is 0. The smallest absolute Gasteiger partial charge is 0.228 e. The molecule has 5 nitrogen and oxygen atoms in total. The summed E-state index contributed by atoms with van der Waals surface area (Å²) in [6, 6.07) is 9.59. The molecular formula is C16H21N3O2. The van der Waals surface area contributed by atoms with Crippen molar-refractivity contribution < 1.29 is 9.59 Å². The Balaban J connectivity index is 1.66. The number of likely N-dealkylation sites (N-methyl/N-ethyl adjacent to an activating group) is 1. The van der Waals surface area contributed by atoms with Gasteiger partial charge in [-0.2, -0.15) is 0 Å². The summed E-state index contributed by atoms with van der Waals surface area (Å²) in [6.07, 6.45) is 0.333. The van der Waals surface area contributed by atoms with Crippen molar-refractivity contribution in [2.45, 2.75) is 6.42 Å². The van der Waals surface area contributed by atoms with Crippen molar-refractivity contribution in [2.75, 3.05) is 44.7 Å². The van der Waals surface area contributed by atoms with E-state index in [4.69, 9.17) is 0 Å². The molecule has 112 valence electrons. The monoisotopic (exact) mass is 287 g/mol. The van der Waals surface area contributed by atoms with E-state index >= 15 is 0 Å². The lowest BCUT2D eigenvalue weighted by molar-refractivity contribution is -0.137. The number of benzene rings is 1. The van der Waals surface area contributed by atoms with Crippen LogP contribution in [0.15, 0.2) is 30.3 Å². The molecule has 0 bridgehead atoms. The molecule has 2 fully saturated rings. The Hall–Kier alpha value is -1.88. The van der Waals surface area contributed by atoms with Crippen molar-refractivity contribution in [3.8, 4) is 0 Å². The van der Waals surface area contributed by atoms with Gasteiger partial charge in [0, 0.05) is 44.8 Å². The highest BCUT2D eigenvalue weighted by molar-refractivity contribution is 6.00. The van der Waals surface area contributed by atoms with Crippen LogP contribution in [0.4, 0.5) is 5.69 Å². The van der Waals surface area contributed by atoms with Gasteiger partial charge in [0.05, 0.1) is 5.92 Å². The molecular weight excluding hydrogens is 266 g/mol. The summed E-state index contributed by atoms with van der Waals surface area (Å²) in [5.41, 5.74) is 0.885. The van der Waals surface area contributed by atoms with Crippen molar-refractivity contribution in [1.29, 1.82) is 0 Å². The number of para-hydroxylation sites is 1. The van der Waals surface area contributed by atoms with Crippen LogP contribution in [-0.2, 0) is 9.59 Å². The second-order valence-corrected chi connectivity index (χ2v) is 5.87. The molecule has 3 rings (SSSR count). The first-order valence-corrected chi connectivity index (χ1v) is 7.48. The fourth-order valence-electron chi connectivity index (χ4n) is 3.02. The van der Waals surface area contributed by atoms with Crippen molar-refractivity contribution in [3.63, 3.8) is 0 Å². The SMILES string of the molecule is CN1CCN(C(=O)[C@@H]2CC(=O)N(c3ccccc3)C2)CC1. The van der Waals surface area contributed by atoms with E-state index in [0.717, 1.165) is 31.9 Å². The first-order valence-electron chi connectivity index (χ1n) is 7.48. The van der Waals surface area contributed by atoms with Gasteiger partial charge < -0.3 is 14.7 Å². The van der Waals surface area contributed by atoms with Gasteiger partial charge >= 0.3 is 0 Å². The average molecular weight is 287 g/mol. The van der Waals surface area contributed by atoms with Crippen LogP contribution >= 0.6 is 0 Å². The molecule has 0 radical (unpaired) electrons. The molecule has 0 saturated carbocycles. The van der Waals surface area contributed by atoms with E-state index in [1.54, 1.807) is 4.90 Å². The minimum absolute atomic E-state index is 0.0497. The Morgan fingerprint density at radius 2 is 1.76 bits per heavy atom. The third kappa shape index (κ3) is 2.93.